The number of nitrogens with one attached hydrogen (secondary N) is 1. The van der Waals surface area contributed by atoms with Crippen LogP contribution in [0.3, 0.4) is 0 Å². The molecule has 0 bridgehead atoms. The predicted molar refractivity (Wildman–Crippen MR) is 65.4 cm³/mol. The molecule has 1 aliphatic rings. The molecule has 17 heavy (non-hydrogen) atoms. The van der Waals surface area contributed by atoms with Crippen LogP contribution in [0.2, 0.25) is 0 Å². The van der Waals surface area contributed by atoms with Crippen molar-refractivity contribution >= 4 is 11.9 Å². The molecule has 0 unspecified atom stereocenters. The van der Waals surface area contributed by atoms with Crippen LogP contribution in [0.25, 0.3) is 0 Å². The fourth-order valence-electron chi connectivity index (χ4n) is 2.38. The Kier molecular flexibility index (Phi) is 6.01. The molecule has 1 saturated carbocycles. The molecule has 0 heterocycles. The summed E-state index contributed by atoms with van der Waals surface area (Å²) in [5.74, 6) is 0.596. The molecule has 0 radical (unpaired) electrons. The molecule has 4 nitrogen and oxygen atoms in total. The molecular weight excluding hydrogens is 218 g/mol. The van der Waals surface area contributed by atoms with Gasteiger partial charge in [-0.15, -0.1) is 0 Å². The van der Waals surface area contributed by atoms with E-state index in [0.717, 1.165) is 19.3 Å². The van der Waals surface area contributed by atoms with Crippen molar-refractivity contribution in [1.29, 1.82) is 0 Å². The van der Waals surface area contributed by atoms with E-state index in [2.05, 4.69) is 17.0 Å². The smallest absolute Gasteiger partial charge is 0.305 e. The Morgan fingerprint density at radius 1 is 1.29 bits per heavy atom. The molecule has 0 aromatic rings. The van der Waals surface area contributed by atoms with Crippen LogP contribution in [0.5, 0.6) is 0 Å². The summed E-state index contributed by atoms with van der Waals surface area (Å²) in [5.41, 5.74) is 0. The van der Waals surface area contributed by atoms with Crippen LogP contribution in [-0.4, -0.2) is 25.5 Å². The second-order valence-corrected chi connectivity index (χ2v) is 4.84. The van der Waals surface area contributed by atoms with Crippen LogP contribution in [0.15, 0.2) is 0 Å². The number of amides is 1. The predicted octanol–water partition coefficient (Wildman–Crippen LogP) is 1.88. The lowest BCUT2D eigenvalue weighted by Crippen LogP contribution is -2.36. The Hall–Kier alpha value is -1.06. The van der Waals surface area contributed by atoms with E-state index in [-0.39, 0.29) is 17.8 Å². The highest BCUT2D eigenvalue weighted by molar-refractivity contribution is 5.79. The summed E-state index contributed by atoms with van der Waals surface area (Å²) in [7, 11) is 1.38. The molecule has 1 fully saturated rings. The van der Waals surface area contributed by atoms with Gasteiger partial charge in [-0.3, -0.25) is 9.59 Å². The molecule has 0 aromatic heterocycles. The Labute approximate surface area is 103 Å². The summed E-state index contributed by atoms with van der Waals surface area (Å²) in [5, 5.41) is 2.92. The molecule has 98 valence electrons. The van der Waals surface area contributed by atoms with Crippen molar-refractivity contribution in [3.8, 4) is 0 Å². The van der Waals surface area contributed by atoms with Crippen molar-refractivity contribution in [2.24, 2.45) is 11.8 Å². The molecule has 0 spiro atoms. The monoisotopic (exact) mass is 241 g/mol. The summed E-state index contributed by atoms with van der Waals surface area (Å²) in [4.78, 5) is 22.8. The summed E-state index contributed by atoms with van der Waals surface area (Å²) in [6.07, 6.45) is 5.58. The summed E-state index contributed by atoms with van der Waals surface area (Å²) in [6.45, 7) is 2.72. The van der Waals surface area contributed by atoms with Gasteiger partial charge in [0.05, 0.1) is 7.11 Å². The van der Waals surface area contributed by atoms with Crippen molar-refractivity contribution in [2.75, 3.05) is 13.7 Å². The lowest BCUT2D eigenvalue weighted by Gasteiger charge is -2.27. The SMILES string of the molecule is COC(=O)CCCNC(=O)[C@H]1CCCC[C@H]1C. The highest BCUT2D eigenvalue weighted by atomic mass is 16.5. The van der Waals surface area contributed by atoms with Gasteiger partial charge >= 0.3 is 5.97 Å². The third-order valence-corrected chi connectivity index (χ3v) is 3.53. The maximum atomic E-state index is 11.9. The van der Waals surface area contributed by atoms with Crippen molar-refractivity contribution in [2.45, 2.75) is 45.4 Å². The zero-order valence-corrected chi connectivity index (χ0v) is 10.8. The van der Waals surface area contributed by atoms with E-state index in [4.69, 9.17) is 0 Å². The van der Waals surface area contributed by atoms with Crippen LogP contribution >= 0.6 is 0 Å². The van der Waals surface area contributed by atoms with Gasteiger partial charge in [-0.2, -0.15) is 0 Å². The number of carbonyl (C=O) groups excluding carboxylic acids is 2. The minimum Gasteiger partial charge on any atom is -0.469 e. The topological polar surface area (TPSA) is 55.4 Å². The molecule has 2 atom stereocenters. The first-order chi connectivity index (χ1) is 8.15. The van der Waals surface area contributed by atoms with E-state index in [1.54, 1.807) is 0 Å². The summed E-state index contributed by atoms with van der Waals surface area (Å²) >= 11 is 0. The maximum Gasteiger partial charge on any atom is 0.305 e. The molecule has 0 aliphatic heterocycles. The highest BCUT2D eigenvalue weighted by Gasteiger charge is 2.27. The molecule has 0 saturated heterocycles. The van der Waals surface area contributed by atoms with Crippen LogP contribution in [0, 0.1) is 11.8 Å². The van der Waals surface area contributed by atoms with Gasteiger partial charge in [0.2, 0.25) is 5.91 Å². The number of carbonyl (C=O) groups is 2. The van der Waals surface area contributed by atoms with E-state index in [9.17, 15) is 9.59 Å². The lowest BCUT2D eigenvalue weighted by atomic mass is 9.80. The van der Waals surface area contributed by atoms with Crippen LogP contribution in [0.4, 0.5) is 0 Å². The minimum absolute atomic E-state index is 0.155. The number of methoxy groups -OCH3 is 1. The zero-order valence-electron chi connectivity index (χ0n) is 10.8. The van der Waals surface area contributed by atoms with Gasteiger partial charge in [-0.1, -0.05) is 19.8 Å². The fraction of sp³-hybridized carbons (Fsp3) is 0.846. The molecule has 1 aliphatic carbocycles. The standard InChI is InChI=1S/C13H23NO3/c1-10-6-3-4-7-11(10)13(16)14-9-5-8-12(15)17-2/h10-11H,3-9H2,1-2H3,(H,14,16)/t10-,11+/m1/s1. The molecule has 0 aromatic carbocycles. The molecule has 4 heteroatoms. The fourth-order valence-corrected chi connectivity index (χ4v) is 2.38. The van der Waals surface area contributed by atoms with Gasteiger partial charge in [-0.05, 0) is 25.2 Å². The average molecular weight is 241 g/mol. The maximum absolute atomic E-state index is 11.9. The van der Waals surface area contributed by atoms with Crippen LogP contribution in [0.1, 0.15) is 45.4 Å². The lowest BCUT2D eigenvalue weighted by molar-refractivity contribution is -0.140. The Morgan fingerprint density at radius 3 is 2.65 bits per heavy atom. The molecule has 1 rings (SSSR count). The van der Waals surface area contributed by atoms with Crippen molar-refractivity contribution in [3.05, 3.63) is 0 Å². The van der Waals surface area contributed by atoms with E-state index >= 15 is 0 Å². The van der Waals surface area contributed by atoms with E-state index in [1.807, 2.05) is 0 Å². The van der Waals surface area contributed by atoms with E-state index in [0.29, 0.717) is 25.3 Å². The summed E-state index contributed by atoms with van der Waals surface area (Å²) in [6, 6.07) is 0. The Balaban J connectivity index is 2.18. The van der Waals surface area contributed by atoms with Crippen molar-refractivity contribution in [1.82, 2.24) is 5.32 Å². The molecule has 1 N–H and O–H groups in total. The van der Waals surface area contributed by atoms with Gasteiger partial charge in [0.25, 0.3) is 0 Å². The first kappa shape index (κ1) is 14.0. The van der Waals surface area contributed by atoms with Gasteiger partial charge < -0.3 is 10.1 Å². The average Bonchev–Trinajstić information content (AvgIpc) is 2.34. The first-order valence-corrected chi connectivity index (χ1v) is 6.49. The van der Waals surface area contributed by atoms with E-state index < -0.39 is 0 Å². The number of hydrogen-bond acceptors (Lipinski definition) is 3. The van der Waals surface area contributed by atoms with Gasteiger partial charge in [0, 0.05) is 18.9 Å². The van der Waals surface area contributed by atoms with E-state index in [1.165, 1.54) is 13.5 Å². The van der Waals surface area contributed by atoms with Crippen molar-refractivity contribution in [3.63, 3.8) is 0 Å². The second kappa shape index (κ2) is 7.30. The van der Waals surface area contributed by atoms with Gasteiger partial charge in [0.1, 0.15) is 0 Å². The van der Waals surface area contributed by atoms with Crippen LogP contribution in [-0.2, 0) is 14.3 Å². The minimum atomic E-state index is -0.217. The Bertz CT molecular complexity index is 265. The third kappa shape index (κ3) is 4.75. The largest absolute Gasteiger partial charge is 0.469 e. The summed E-state index contributed by atoms with van der Waals surface area (Å²) < 4.78 is 4.54. The second-order valence-electron chi connectivity index (χ2n) is 4.84. The first-order valence-electron chi connectivity index (χ1n) is 6.49. The van der Waals surface area contributed by atoms with Crippen molar-refractivity contribution < 1.29 is 14.3 Å². The number of ether oxygens (including phenoxy) is 1. The zero-order chi connectivity index (χ0) is 12.7. The number of esters is 1. The number of hydrogen-bond donors (Lipinski definition) is 1. The van der Waals surface area contributed by atoms with Crippen LogP contribution < -0.4 is 5.32 Å². The quantitative estimate of drug-likeness (QED) is 0.590. The Morgan fingerprint density at radius 2 is 2.00 bits per heavy atom. The third-order valence-electron chi connectivity index (χ3n) is 3.53. The molecular formula is C13H23NO3. The van der Waals surface area contributed by atoms with Gasteiger partial charge in [0.15, 0.2) is 0 Å². The number of rotatable bonds is 5. The van der Waals surface area contributed by atoms with Gasteiger partial charge in [-0.25, -0.2) is 0 Å². The highest BCUT2D eigenvalue weighted by Crippen LogP contribution is 2.29. The normalized spacial score (nSPS) is 24.1. The molecule has 1 amide bonds.